The van der Waals surface area contributed by atoms with Crippen molar-refractivity contribution in [2.24, 2.45) is 5.73 Å². The van der Waals surface area contributed by atoms with E-state index in [1.54, 1.807) is 0 Å². The van der Waals surface area contributed by atoms with Gasteiger partial charge in [-0.25, -0.2) is 8.42 Å². The number of para-hydroxylation sites is 1. The number of aromatic hydroxyl groups is 1. The van der Waals surface area contributed by atoms with Gasteiger partial charge in [-0.15, -0.1) is 0 Å². The molecule has 0 aromatic heterocycles. The first kappa shape index (κ1) is 21.9. The molecule has 0 aliphatic carbocycles. The first-order valence-corrected chi connectivity index (χ1v) is 10.5. The lowest BCUT2D eigenvalue weighted by Crippen LogP contribution is -2.20. The van der Waals surface area contributed by atoms with E-state index in [4.69, 9.17) is 20.6 Å². The summed E-state index contributed by atoms with van der Waals surface area (Å²) in [6.45, 7) is 0.453. The van der Waals surface area contributed by atoms with Gasteiger partial charge in [0.1, 0.15) is 33.5 Å². The lowest BCUT2D eigenvalue weighted by Gasteiger charge is -2.19. The number of amidine groups is 1. The van der Waals surface area contributed by atoms with Gasteiger partial charge >= 0.3 is 6.18 Å². The number of hydrogen-bond acceptors (Lipinski definition) is 6. The molecule has 0 radical (unpaired) electrons. The van der Waals surface area contributed by atoms with Crippen LogP contribution in [0.25, 0.3) is 0 Å². The number of phenols is 1. The fourth-order valence-corrected chi connectivity index (χ4v) is 4.80. The highest BCUT2D eigenvalue weighted by atomic mass is 32.2. The molecule has 30 heavy (non-hydrogen) atoms. The lowest BCUT2D eigenvalue weighted by atomic mass is 10.1. The minimum atomic E-state index is -5.05. The van der Waals surface area contributed by atoms with E-state index in [9.17, 15) is 26.7 Å². The standard InChI is InChI=1S/C19H19F3N2O5S/c20-19(21,22)16-14(8-7-12(17(16)25)18(23)24)29-13-5-1-2-6-15(13)30(26,27)10-11-4-3-9-28-11/h1-2,5-8,11,25H,3-4,9-10H2,(H3,23,24). The van der Waals surface area contributed by atoms with Gasteiger partial charge in [-0.05, 0) is 37.1 Å². The maximum absolute atomic E-state index is 13.6. The fraction of sp³-hybridized carbons (Fsp3) is 0.316. The number of nitrogens with one attached hydrogen (secondary N) is 1. The van der Waals surface area contributed by atoms with Gasteiger partial charge in [0.25, 0.3) is 0 Å². The van der Waals surface area contributed by atoms with Crippen LogP contribution in [0.15, 0.2) is 41.3 Å². The van der Waals surface area contributed by atoms with Crippen LogP contribution in [0.3, 0.4) is 0 Å². The number of phenolic OH excluding ortho intramolecular Hbond substituents is 1. The van der Waals surface area contributed by atoms with Crippen LogP contribution in [0.4, 0.5) is 13.2 Å². The fourth-order valence-electron chi connectivity index (χ4n) is 3.17. The minimum Gasteiger partial charge on any atom is -0.506 e. The molecular formula is C19H19F3N2O5S. The number of benzene rings is 2. The molecule has 1 aliphatic rings. The molecule has 1 aliphatic heterocycles. The molecule has 4 N–H and O–H groups in total. The van der Waals surface area contributed by atoms with E-state index in [1.165, 1.54) is 24.3 Å². The van der Waals surface area contributed by atoms with Crippen molar-refractivity contribution in [3.63, 3.8) is 0 Å². The molecule has 1 fully saturated rings. The predicted octanol–water partition coefficient (Wildman–Crippen LogP) is 3.44. The predicted molar refractivity (Wildman–Crippen MR) is 102 cm³/mol. The number of ether oxygens (including phenoxy) is 2. The molecule has 162 valence electrons. The monoisotopic (exact) mass is 444 g/mol. The first-order chi connectivity index (χ1) is 14.0. The highest BCUT2D eigenvalue weighted by Gasteiger charge is 2.40. The van der Waals surface area contributed by atoms with Gasteiger partial charge in [0.05, 0.1) is 17.4 Å². The van der Waals surface area contributed by atoms with E-state index in [-0.39, 0.29) is 16.4 Å². The molecule has 2 aromatic rings. The number of sulfone groups is 1. The van der Waals surface area contributed by atoms with Crippen LogP contribution in [-0.4, -0.2) is 37.8 Å². The third kappa shape index (κ3) is 4.51. The van der Waals surface area contributed by atoms with Gasteiger partial charge in [0, 0.05) is 6.61 Å². The SMILES string of the molecule is N=C(N)c1ccc(Oc2ccccc2S(=O)(=O)CC2CCCO2)c(C(F)(F)F)c1O. The number of halogens is 3. The number of nitrogen functional groups attached to an aromatic ring is 1. The van der Waals surface area contributed by atoms with Crippen molar-refractivity contribution in [3.05, 3.63) is 47.5 Å². The Morgan fingerprint density at radius 3 is 2.53 bits per heavy atom. The van der Waals surface area contributed by atoms with E-state index < -0.39 is 50.6 Å². The minimum absolute atomic E-state index is 0.288. The van der Waals surface area contributed by atoms with Crippen LogP contribution < -0.4 is 10.5 Å². The van der Waals surface area contributed by atoms with Crippen LogP contribution in [0.1, 0.15) is 24.0 Å². The smallest absolute Gasteiger partial charge is 0.423 e. The highest BCUT2D eigenvalue weighted by molar-refractivity contribution is 7.91. The van der Waals surface area contributed by atoms with Crippen LogP contribution in [-0.2, 0) is 20.8 Å². The number of alkyl halides is 3. The third-order valence-corrected chi connectivity index (χ3v) is 6.36. The van der Waals surface area contributed by atoms with Crippen LogP contribution >= 0.6 is 0 Å². The zero-order valence-electron chi connectivity index (χ0n) is 15.6. The molecule has 0 amide bonds. The van der Waals surface area contributed by atoms with Gasteiger partial charge in [-0.1, -0.05) is 12.1 Å². The number of rotatable bonds is 6. The number of nitrogens with two attached hydrogens (primary N) is 1. The number of hydrogen-bond donors (Lipinski definition) is 3. The van der Waals surface area contributed by atoms with Crippen molar-refractivity contribution in [2.45, 2.75) is 30.0 Å². The molecule has 1 atom stereocenters. The summed E-state index contributed by atoms with van der Waals surface area (Å²) in [5.41, 5.74) is 3.14. The van der Waals surface area contributed by atoms with Crippen LogP contribution in [0.5, 0.6) is 17.2 Å². The molecule has 11 heteroatoms. The van der Waals surface area contributed by atoms with E-state index >= 15 is 0 Å². The quantitative estimate of drug-likeness (QED) is 0.463. The van der Waals surface area contributed by atoms with Crippen molar-refractivity contribution in [1.82, 2.24) is 0 Å². The Morgan fingerprint density at radius 1 is 1.23 bits per heavy atom. The third-order valence-electron chi connectivity index (χ3n) is 4.55. The van der Waals surface area contributed by atoms with Gasteiger partial charge in [0.2, 0.25) is 0 Å². The second-order valence-electron chi connectivity index (χ2n) is 6.71. The highest BCUT2D eigenvalue weighted by Crippen LogP contribution is 2.45. The molecule has 1 saturated heterocycles. The molecular weight excluding hydrogens is 425 g/mol. The second kappa shape index (κ2) is 8.15. The molecule has 3 rings (SSSR count). The maximum atomic E-state index is 13.6. The summed E-state index contributed by atoms with van der Waals surface area (Å²) in [6.07, 6.45) is -4.24. The van der Waals surface area contributed by atoms with Gasteiger partial charge < -0.3 is 20.3 Å². The zero-order valence-corrected chi connectivity index (χ0v) is 16.4. The van der Waals surface area contributed by atoms with Crippen molar-refractivity contribution in [3.8, 4) is 17.2 Å². The summed E-state index contributed by atoms with van der Waals surface area (Å²) < 4.78 is 77.0. The van der Waals surface area contributed by atoms with Gasteiger partial charge in [-0.3, -0.25) is 5.41 Å². The van der Waals surface area contributed by atoms with Crippen molar-refractivity contribution in [1.29, 1.82) is 5.41 Å². The summed E-state index contributed by atoms with van der Waals surface area (Å²) in [7, 11) is -3.92. The van der Waals surface area contributed by atoms with E-state index in [0.29, 0.717) is 13.0 Å². The summed E-state index contributed by atoms with van der Waals surface area (Å²) in [6, 6.07) is 7.16. The molecule has 1 unspecified atom stereocenters. The van der Waals surface area contributed by atoms with Crippen LogP contribution in [0.2, 0.25) is 0 Å². The Morgan fingerprint density at radius 2 is 1.93 bits per heavy atom. The largest absolute Gasteiger partial charge is 0.506 e. The average Bonchev–Trinajstić information content (AvgIpc) is 3.13. The normalized spacial score (nSPS) is 17.1. The molecule has 2 aromatic carbocycles. The van der Waals surface area contributed by atoms with E-state index in [1.807, 2.05) is 0 Å². The summed E-state index contributed by atoms with van der Waals surface area (Å²) in [5, 5.41) is 17.3. The summed E-state index contributed by atoms with van der Waals surface area (Å²) in [5.74, 6) is -3.49. The van der Waals surface area contributed by atoms with Gasteiger partial charge in [-0.2, -0.15) is 13.2 Å². The molecule has 7 nitrogen and oxygen atoms in total. The average molecular weight is 444 g/mol. The van der Waals surface area contributed by atoms with Crippen molar-refractivity contribution in [2.75, 3.05) is 12.4 Å². The zero-order chi connectivity index (χ0) is 22.1. The second-order valence-corrected chi connectivity index (χ2v) is 8.71. The van der Waals surface area contributed by atoms with Crippen LogP contribution in [0, 0.1) is 5.41 Å². The van der Waals surface area contributed by atoms with Crippen molar-refractivity contribution >= 4 is 15.7 Å². The van der Waals surface area contributed by atoms with Gasteiger partial charge in [0.15, 0.2) is 9.84 Å². The Kier molecular flexibility index (Phi) is 5.95. The Bertz CT molecular complexity index is 1060. The lowest BCUT2D eigenvalue weighted by molar-refractivity contribution is -0.139. The first-order valence-electron chi connectivity index (χ1n) is 8.89. The molecule has 0 spiro atoms. The Hall–Kier alpha value is -2.79. The summed E-state index contributed by atoms with van der Waals surface area (Å²) >= 11 is 0. The Balaban J connectivity index is 2.04. The van der Waals surface area contributed by atoms with E-state index in [2.05, 4.69) is 0 Å². The molecule has 1 heterocycles. The molecule has 0 saturated carbocycles. The molecule has 0 bridgehead atoms. The van der Waals surface area contributed by atoms with E-state index in [0.717, 1.165) is 18.6 Å². The topological polar surface area (TPSA) is 123 Å². The van der Waals surface area contributed by atoms with Crippen molar-refractivity contribution < 1.29 is 36.2 Å². The maximum Gasteiger partial charge on any atom is 0.423 e. The Labute approximate surface area is 170 Å². The summed E-state index contributed by atoms with van der Waals surface area (Å²) in [4.78, 5) is -0.288.